The molecule has 0 unspecified atom stereocenters. The zero-order valence-electron chi connectivity index (χ0n) is 19.9. The van der Waals surface area contributed by atoms with Crippen LogP contribution in [0.3, 0.4) is 0 Å². The quantitative estimate of drug-likeness (QED) is 0.301. The number of hydrogen-bond acceptors (Lipinski definition) is 7. The van der Waals surface area contributed by atoms with Gasteiger partial charge in [0.1, 0.15) is 0 Å². The zero-order valence-corrected chi connectivity index (χ0v) is 22.3. The zero-order chi connectivity index (χ0) is 24.8. The molecule has 9 nitrogen and oxygen atoms in total. The fourth-order valence-electron chi connectivity index (χ4n) is 5.00. The van der Waals surface area contributed by atoms with Crippen molar-refractivity contribution in [1.82, 2.24) is 0 Å². The van der Waals surface area contributed by atoms with Crippen molar-refractivity contribution in [3.63, 3.8) is 0 Å². The number of nitro benzene ring substituents is 2. The number of non-ortho nitro benzene ring substituents is 2. The molecule has 0 N–H and O–H groups in total. The van der Waals surface area contributed by atoms with Gasteiger partial charge in [-0.05, 0) is 57.1 Å². The van der Waals surface area contributed by atoms with E-state index >= 15 is 0 Å². The van der Waals surface area contributed by atoms with Crippen molar-refractivity contribution >= 4 is 45.4 Å². The summed E-state index contributed by atoms with van der Waals surface area (Å²) in [6, 6.07) is 13.1. The van der Waals surface area contributed by atoms with Gasteiger partial charge in [-0.1, -0.05) is 28.1 Å². The SMILES string of the molecule is C1C[C@@H]2CC[C@H](C1)O2.Cl.O=[N+]([O-])c1cccc(Br)c1.O=[N+]([O-])c1cccc(N2C[C@H]3CC[C@@H](C2)O3)c1. The summed E-state index contributed by atoms with van der Waals surface area (Å²) >= 11 is 3.13. The second-order valence-electron chi connectivity index (χ2n) is 9.26. The van der Waals surface area contributed by atoms with Gasteiger partial charge in [-0.15, -0.1) is 12.4 Å². The van der Waals surface area contributed by atoms with Crippen LogP contribution in [0.2, 0.25) is 0 Å². The average Bonchev–Trinajstić information content (AvgIpc) is 3.38. The summed E-state index contributed by atoms with van der Waals surface area (Å²) in [6.45, 7) is 1.69. The van der Waals surface area contributed by atoms with E-state index in [2.05, 4.69) is 20.8 Å². The number of benzene rings is 2. The predicted molar refractivity (Wildman–Crippen MR) is 143 cm³/mol. The second-order valence-corrected chi connectivity index (χ2v) is 10.2. The van der Waals surface area contributed by atoms with Gasteiger partial charge in [0, 0.05) is 47.5 Å². The summed E-state index contributed by atoms with van der Waals surface area (Å²) in [5, 5.41) is 20.9. The average molecular weight is 585 g/mol. The third kappa shape index (κ3) is 7.86. The molecule has 0 spiro atoms. The molecule has 11 heteroatoms. The lowest BCUT2D eigenvalue weighted by atomic mass is 10.1. The summed E-state index contributed by atoms with van der Waals surface area (Å²) in [5.41, 5.74) is 1.19. The van der Waals surface area contributed by atoms with E-state index < -0.39 is 4.92 Å². The lowest BCUT2D eigenvalue weighted by Gasteiger charge is -2.33. The molecule has 0 radical (unpaired) electrons. The summed E-state index contributed by atoms with van der Waals surface area (Å²) < 4.78 is 12.1. The fraction of sp³-hybridized carbons (Fsp3) is 0.520. The van der Waals surface area contributed by atoms with Crippen molar-refractivity contribution in [2.45, 2.75) is 69.4 Å². The third-order valence-corrected chi connectivity index (χ3v) is 7.21. The molecular formula is C25H31BrClN3O6. The highest BCUT2D eigenvalue weighted by Gasteiger charge is 2.34. The minimum atomic E-state index is -0.426. The molecule has 0 saturated carbocycles. The van der Waals surface area contributed by atoms with Crippen LogP contribution in [0.1, 0.15) is 44.9 Å². The Morgan fingerprint density at radius 2 is 1.25 bits per heavy atom. The molecule has 2 aromatic carbocycles. The number of anilines is 1. The molecule has 4 aliphatic rings. The Hall–Kier alpha value is -2.27. The maximum atomic E-state index is 10.7. The van der Waals surface area contributed by atoms with Crippen LogP contribution < -0.4 is 4.90 Å². The van der Waals surface area contributed by atoms with Crippen molar-refractivity contribution in [3.05, 3.63) is 73.2 Å². The first-order chi connectivity index (χ1) is 16.9. The number of nitro groups is 2. The maximum Gasteiger partial charge on any atom is 0.271 e. The highest BCUT2D eigenvalue weighted by Crippen LogP contribution is 2.32. The van der Waals surface area contributed by atoms with Crippen molar-refractivity contribution < 1.29 is 19.3 Å². The Bertz CT molecular complexity index is 1020. The first kappa shape index (κ1) is 28.3. The molecule has 4 saturated heterocycles. The van der Waals surface area contributed by atoms with Crippen LogP contribution in [0.25, 0.3) is 0 Å². The Morgan fingerprint density at radius 1 is 0.750 bits per heavy atom. The molecule has 4 atom stereocenters. The highest BCUT2D eigenvalue weighted by molar-refractivity contribution is 9.10. The minimum absolute atomic E-state index is 0. The molecular weight excluding hydrogens is 554 g/mol. The fourth-order valence-corrected chi connectivity index (χ4v) is 5.38. The van der Waals surface area contributed by atoms with E-state index in [1.54, 1.807) is 24.3 Å². The van der Waals surface area contributed by atoms with Gasteiger partial charge in [0.15, 0.2) is 0 Å². The lowest BCUT2D eigenvalue weighted by molar-refractivity contribution is -0.385. The normalized spacial score (nSPS) is 25.4. The molecule has 6 rings (SSSR count). The molecule has 196 valence electrons. The topological polar surface area (TPSA) is 108 Å². The molecule has 4 heterocycles. The molecule has 36 heavy (non-hydrogen) atoms. The Labute approximate surface area is 225 Å². The number of fused-ring (bicyclic) bond motifs is 4. The van der Waals surface area contributed by atoms with E-state index in [0.29, 0.717) is 24.4 Å². The summed E-state index contributed by atoms with van der Waals surface area (Å²) in [4.78, 5) is 22.3. The van der Waals surface area contributed by atoms with Gasteiger partial charge in [0.05, 0.1) is 34.3 Å². The largest absolute Gasteiger partial charge is 0.375 e. The minimum Gasteiger partial charge on any atom is -0.375 e. The van der Waals surface area contributed by atoms with Crippen molar-refractivity contribution in [3.8, 4) is 0 Å². The van der Waals surface area contributed by atoms with E-state index in [1.807, 2.05) is 6.07 Å². The molecule has 0 amide bonds. The standard InChI is InChI=1S/C12H14N2O3.C7H12O.C6H4BrNO2.ClH/c15-14(16)10-3-1-2-9(6-10)13-7-11-4-5-12(8-13)17-11;1-2-6-4-5-7(3-1)8-6;7-5-2-1-3-6(4-5)8(9)10;/h1-3,6,11-12H,4-5,7-8H2;6-7H,1-5H2;1-4H;1H/t11-,12+;6-,7+;;. The van der Waals surface area contributed by atoms with Crippen LogP contribution in [-0.2, 0) is 9.47 Å². The van der Waals surface area contributed by atoms with Gasteiger partial charge in [-0.25, -0.2) is 0 Å². The maximum absolute atomic E-state index is 10.7. The first-order valence-corrected chi connectivity index (χ1v) is 12.9. The van der Waals surface area contributed by atoms with Crippen LogP contribution in [0, 0.1) is 20.2 Å². The smallest absolute Gasteiger partial charge is 0.271 e. The van der Waals surface area contributed by atoms with Crippen molar-refractivity contribution in [2.24, 2.45) is 0 Å². The molecule has 0 aliphatic carbocycles. The van der Waals surface area contributed by atoms with Gasteiger partial charge in [0.2, 0.25) is 0 Å². The molecule has 2 aromatic rings. The first-order valence-electron chi connectivity index (χ1n) is 12.1. The van der Waals surface area contributed by atoms with Crippen LogP contribution in [-0.4, -0.2) is 47.4 Å². The molecule has 4 bridgehead atoms. The molecule has 4 fully saturated rings. The van der Waals surface area contributed by atoms with Gasteiger partial charge in [-0.2, -0.15) is 0 Å². The number of ether oxygens (including phenoxy) is 2. The van der Waals surface area contributed by atoms with E-state index in [4.69, 9.17) is 9.47 Å². The molecule has 4 aliphatic heterocycles. The summed E-state index contributed by atoms with van der Waals surface area (Å²) in [7, 11) is 0. The van der Waals surface area contributed by atoms with Crippen LogP contribution in [0.4, 0.5) is 17.1 Å². The number of rotatable bonds is 3. The summed E-state index contributed by atoms with van der Waals surface area (Å²) in [5.74, 6) is 0. The van der Waals surface area contributed by atoms with Crippen LogP contribution in [0.15, 0.2) is 53.0 Å². The van der Waals surface area contributed by atoms with Gasteiger partial charge < -0.3 is 14.4 Å². The van der Waals surface area contributed by atoms with Crippen molar-refractivity contribution in [2.75, 3.05) is 18.0 Å². The number of hydrogen-bond donors (Lipinski definition) is 0. The molecule has 0 aromatic heterocycles. The predicted octanol–water partition coefficient (Wildman–Crippen LogP) is 6.46. The van der Waals surface area contributed by atoms with Crippen molar-refractivity contribution in [1.29, 1.82) is 0 Å². The number of morpholine rings is 1. The van der Waals surface area contributed by atoms with Crippen LogP contribution >= 0.6 is 28.3 Å². The monoisotopic (exact) mass is 583 g/mol. The Balaban J connectivity index is 0.000000162. The van der Waals surface area contributed by atoms with E-state index in [-0.39, 0.29) is 28.7 Å². The van der Waals surface area contributed by atoms with Gasteiger partial charge in [0.25, 0.3) is 11.4 Å². The summed E-state index contributed by atoms with van der Waals surface area (Å²) in [6.07, 6.45) is 10.9. The highest BCUT2D eigenvalue weighted by atomic mass is 79.9. The Kier molecular flexibility index (Phi) is 10.5. The number of nitrogens with zero attached hydrogens (tertiary/aromatic N) is 3. The third-order valence-electron chi connectivity index (χ3n) is 6.72. The van der Waals surface area contributed by atoms with Gasteiger partial charge >= 0.3 is 0 Å². The lowest BCUT2D eigenvalue weighted by Crippen LogP contribution is -2.42. The number of halogens is 2. The van der Waals surface area contributed by atoms with E-state index in [1.165, 1.54) is 50.3 Å². The Morgan fingerprint density at radius 3 is 1.75 bits per heavy atom. The van der Waals surface area contributed by atoms with E-state index in [9.17, 15) is 20.2 Å². The second kappa shape index (κ2) is 13.3. The van der Waals surface area contributed by atoms with E-state index in [0.717, 1.165) is 36.1 Å². The van der Waals surface area contributed by atoms with Crippen LogP contribution in [0.5, 0.6) is 0 Å². The van der Waals surface area contributed by atoms with Gasteiger partial charge in [-0.3, -0.25) is 20.2 Å².